The van der Waals surface area contributed by atoms with Gasteiger partial charge in [-0.1, -0.05) is 55.8 Å². The van der Waals surface area contributed by atoms with Gasteiger partial charge in [0.1, 0.15) is 0 Å². The van der Waals surface area contributed by atoms with Crippen LogP contribution in [-0.2, 0) is 19.3 Å². The van der Waals surface area contributed by atoms with Crippen LogP contribution in [0, 0.1) is 0 Å². The molecule has 128 valence electrons. The van der Waals surface area contributed by atoms with Crippen molar-refractivity contribution < 1.29 is 0 Å². The van der Waals surface area contributed by atoms with Crippen LogP contribution in [0.4, 0.5) is 0 Å². The molecule has 0 heterocycles. The Morgan fingerprint density at radius 3 is 2.54 bits per heavy atom. The van der Waals surface area contributed by atoms with Gasteiger partial charge in [0.25, 0.3) is 0 Å². The lowest BCUT2D eigenvalue weighted by Crippen LogP contribution is -2.14. The molecule has 1 aliphatic carbocycles. The number of aryl methyl sites for hydroxylation is 2. The van der Waals surface area contributed by atoms with Gasteiger partial charge in [0.15, 0.2) is 0 Å². The van der Waals surface area contributed by atoms with E-state index < -0.39 is 0 Å². The van der Waals surface area contributed by atoms with Crippen molar-refractivity contribution in [1.29, 1.82) is 0 Å². The third kappa shape index (κ3) is 3.72. The van der Waals surface area contributed by atoms with E-state index in [4.69, 9.17) is 0 Å². The molecule has 0 aromatic heterocycles. The van der Waals surface area contributed by atoms with Gasteiger partial charge in [-0.05, 0) is 80.6 Å². The lowest BCUT2D eigenvalue weighted by Gasteiger charge is -2.21. The predicted octanol–water partition coefficient (Wildman–Crippen LogP) is 5.21. The quantitative estimate of drug-likeness (QED) is 0.706. The van der Waals surface area contributed by atoms with E-state index in [1.165, 1.54) is 45.1 Å². The molecule has 1 nitrogen and oxygen atoms in total. The highest BCUT2D eigenvalue weighted by molar-refractivity contribution is 5.47. The number of rotatable bonds is 6. The second-order valence-corrected chi connectivity index (χ2v) is 7.43. The minimum Gasteiger partial charge on any atom is -0.309 e. The molecule has 3 rings (SSSR count). The summed E-state index contributed by atoms with van der Waals surface area (Å²) < 4.78 is 0. The molecular formula is C23H31N. The molecule has 2 aromatic carbocycles. The molecule has 2 aromatic rings. The van der Waals surface area contributed by atoms with Gasteiger partial charge in [-0.2, -0.15) is 0 Å². The van der Waals surface area contributed by atoms with E-state index in [0.29, 0.717) is 5.92 Å². The summed E-state index contributed by atoms with van der Waals surface area (Å²) in [5, 5.41) is 0. The van der Waals surface area contributed by atoms with Crippen LogP contribution in [0.3, 0.4) is 0 Å². The zero-order valence-corrected chi connectivity index (χ0v) is 15.5. The van der Waals surface area contributed by atoms with Crippen molar-refractivity contribution in [1.82, 2.24) is 4.90 Å². The first-order chi connectivity index (χ1) is 11.7. The summed E-state index contributed by atoms with van der Waals surface area (Å²) in [5.41, 5.74) is 7.97. The van der Waals surface area contributed by atoms with Gasteiger partial charge < -0.3 is 4.90 Å². The van der Waals surface area contributed by atoms with E-state index in [2.05, 4.69) is 68.4 Å². The number of hydrogen-bond acceptors (Lipinski definition) is 1. The molecule has 0 bridgehead atoms. The molecule has 0 fully saturated rings. The fourth-order valence-corrected chi connectivity index (χ4v) is 4.23. The largest absolute Gasteiger partial charge is 0.309 e. The van der Waals surface area contributed by atoms with Crippen LogP contribution in [0.5, 0.6) is 0 Å². The minimum atomic E-state index is 0.581. The first-order valence-electron chi connectivity index (χ1n) is 9.54. The van der Waals surface area contributed by atoms with E-state index in [0.717, 1.165) is 0 Å². The van der Waals surface area contributed by atoms with Crippen molar-refractivity contribution in [3.8, 4) is 0 Å². The highest BCUT2D eigenvalue weighted by Crippen LogP contribution is 2.38. The van der Waals surface area contributed by atoms with Crippen molar-refractivity contribution in [2.24, 2.45) is 0 Å². The van der Waals surface area contributed by atoms with Gasteiger partial charge in [-0.3, -0.25) is 0 Å². The predicted molar refractivity (Wildman–Crippen MR) is 104 cm³/mol. The average molecular weight is 322 g/mol. The molecule has 1 unspecified atom stereocenters. The van der Waals surface area contributed by atoms with Crippen LogP contribution in [0.1, 0.15) is 59.9 Å². The molecule has 0 spiro atoms. The standard InChI is InChI=1S/C23H31N/c1-4-9-22-20-13-6-5-10-19(20)15-16-21-18(11-7-14-23(21)22)12-8-17-24(2)3/h5-7,10-11,13-14,22H,4,8-9,12,15-17H2,1-3H3. The maximum Gasteiger partial charge on any atom is 0.00948 e. The lowest BCUT2D eigenvalue weighted by atomic mass is 9.83. The van der Waals surface area contributed by atoms with Crippen LogP contribution >= 0.6 is 0 Å². The summed E-state index contributed by atoms with van der Waals surface area (Å²) in [6.45, 7) is 3.48. The van der Waals surface area contributed by atoms with E-state index >= 15 is 0 Å². The van der Waals surface area contributed by atoms with Crippen LogP contribution in [0.25, 0.3) is 0 Å². The summed E-state index contributed by atoms with van der Waals surface area (Å²) in [6.07, 6.45) is 7.33. The normalized spacial score (nSPS) is 16.6. The first kappa shape index (κ1) is 17.2. The van der Waals surface area contributed by atoms with Crippen LogP contribution in [0.15, 0.2) is 42.5 Å². The highest BCUT2D eigenvalue weighted by Gasteiger charge is 2.24. The van der Waals surface area contributed by atoms with E-state index in [1.54, 1.807) is 27.8 Å². The van der Waals surface area contributed by atoms with Gasteiger partial charge in [0.05, 0.1) is 0 Å². The molecule has 0 radical (unpaired) electrons. The molecule has 1 atom stereocenters. The maximum absolute atomic E-state index is 2.40. The van der Waals surface area contributed by atoms with Crippen molar-refractivity contribution in [2.45, 2.75) is 51.4 Å². The van der Waals surface area contributed by atoms with Crippen molar-refractivity contribution in [3.63, 3.8) is 0 Å². The van der Waals surface area contributed by atoms with Crippen molar-refractivity contribution in [2.75, 3.05) is 20.6 Å². The SMILES string of the molecule is CCCC1c2ccccc2CCc2c(CCCN(C)C)cccc21. The van der Waals surface area contributed by atoms with Gasteiger partial charge >= 0.3 is 0 Å². The Kier molecular flexibility index (Phi) is 5.73. The van der Waals surface area contributed by atoms with Crippen molar-refractivity contribution >= 4 is 0 Å². The van der Waals surface area contributed by atoms with Gasteiger partial charge in [-0.15, -0.1) is 0 Å². The number of hydrogen-bond donors (Lipinski definition) is 0. The second-order valence-electron chi connectivity index (χ2n) is 7.43. The molecule has 0 aliphatic heterocycles. The van der Waals surface area contributed by atoms with Crippen LogP contribution < -0.4 is 0 Å². The summed E-state index contributed by atoms with van der Waals surface area (Å²) in [6, 6.07) is 16.2. The lowest BCUT2D eigenvalue weighted by molar-refractivity contribution is 0.400. The topological polar surface area (TPSA) is 3.24 Å². The number of fused-ring (bicyclic) bond motifs is 2. The molecule has 0 saturated heterocycles. The molecular weight excluding hydrogens is 290 g/mol. The maximum atomic E-state index is 2.40. The minimum absolute atomic E-state index is 0.581. The summed E-state index contributed by atoms with van der Waals surface area (Å²) in [4.78, 5) is 2.29. The van der Waals surface area contributed by atoms with Crippen LogP contribution in [-0.4, -0.2) is 25.5 Å². The van der Waals surface area contributed by atoms with E-state index in [9.17, 15) is 0 Å². The van der Waals surface area contributed by atoms with E-state index in [1.807, 2.05) is 0 Å². The summed E-state index contributed by atoms with van der Waals surface area (Å²) >= 11 is 0. The first-order valence-corrected chi connectivity index (χ1v) is 9.54. The fourth-order valence-electron chi connectivity index (χ4n) is 4.23. The summed E-state index contributed by atoms with van der Waals surface area (Å²) in [7, 11) is 4.33. The molecule has 0 saturated carbocycles. The molecule has 1 heteroatoms. The summed E-state index contributed by atoms with van der Waals surface area (Å²) in [5.74, 6) is 0.581. The Morgan fingerprint density at radius 1 is 0.958 bits per heavy atom. The Bertz CT molecular complexity index is 671. The average Bonchev–Trinajstić information content (AvgIpc) is 2.73. The monoisotopic (exact) mass is 321 g/mol. The molecule has 1 aliphatic rings. The zero-order chi connectivity index (χ0) is 16.9. The Hall–Kier alpha value is -1.60. The highest BCUT2D eigenvalue weighted by atomic mass is 15.0. The molecule has 24 heavy (non-hydrogen) atoms. The smallest absolute Gasteiger partial charge is 0.00948 e. The van der Waals surface area contributed by atoms with Gasteiger partial charge in [-0.25, -0.2) is 0 Å². The zero-order valence-electron chi connectivity index (χ0n) is 15.5. The third-order valence-corrected chi connectivity index (χ3v) is 5.39. The Morgan fingerprint density at radius 2 is 1.75 bits per heavy atom. The Labute approximate surface area is 147 Å². The number of nitrogens with zero attached hydrogens (tertiary/aromatic N) is 1. The molecule has 0 N–H and O–H groups in total. The Balaban J connectivity index is 1.95. The molecule has 0 amide bonds. The van der Waals surface area contributed by atoms with Crippen molar-refractivity contribution in [3.05, 3.63) is 70.3 Å². The van der Waals surface area contributed by atoms with Gasteiger partial charge in [0, 0.05) is 5.92 Å². The van der Waals surface area contributed by atoms with Gasteiger partial charge in [0.2, 0.25) is 0 Å². The van der Waals surface area contributed by atoms with Crippen LogP contribution in [0.2, 0.25) is 0 Å². The third-order valence-electron chi connectivity index (χ3n) is 5.39. The fraction of sp³-hybridized carbons (Fsp3) is 0.478. The van der Waals surface area contributed by atoms with E-state index in [-0.39, 0.29) is 0 Å². The number of benzene rings is 2. The second kappa shape index (κ2) is 7.98.